The molecule has 5 heavy (non-hydrogen) atoms. The Kier molecular flexibility index (Phi) is 2.98. The van der Waals surface area contributed by atoms with Crippen molar-refractivity contribution < 1.29 is 5.11 Å². The van der Waals surface area contributed by atoms with Gasteiger partial charge in [0.05, 0.1) is 0 Å². The molecule has 0 heterocycles. The topological polar surface area (TPSA) is 20.2 Å². The maximum Gasteiger partial charge on any atom is 0.215 e. The van der Waals surface area contributed by atoms with Crippen LogP contribution in [0.2, 0.25) is 5.28 Å². The summed E-state index contributed by atoms with van der Waals surface area (Å²) in [5, 5.41) is 9.40. The van der Waals surface area contributed by atoms with Crippen molar-refractivity contribution in [1.82, 2.24) is 0 Å². The van der Waals surface area contributed by atoms with Gasteiger partial charge < -0.3 is 5.11 Å². The summed E-state index contributed by atoms with van der Waals surface area (Å²) in [5.74, 6) is 0. The normalized spacial score (nSPS) is 14.8. The summed E-state index contributed by atoms with van der Waals surface area (Å²) < 4.78 is 0. The Labute approximate surface area is 40.4 Å². The molecule has 0 amide bonds. The minimum atomic E-state index is -0.0540. The smallest absolute Gasteiger partial charge is 0.215 e. The monoisotopic (exact) mass is 88.0 g/mol. The van der Waals surface area contributed by atoms with Crippen LogP contribution in [0.4, 0.5) is 0 Å². The van der Waals surface area contributed by atoms with Crippen LogP contribution in [0.3, 0.4) is 0 Å². The second kappa shape index (κ2) is 2.72. The lowest BCUT2D eigenvalue weighted by Gasteiger charge is -1.90. The second-order valence-electron chi connectivity index (χ2n) is 1.26. The first kappa shape index (κ1) is 5.49. The van der Waals surface area contributed by atoms with Crippen molar-refractivity contribution in [1.29, 1.82) is 0 Å². The van der Waals surface area contributed by atoms with E-state index in [4.69, 9.17) is 5.11 Å². The van der Waals surface area contributed by atoms with Gasteiger partial charge in [0.25, 0.3) is 0 Å². The van der Waals surface area contributed by atoms with Gasteiger partial charge in [0, 0.05) is 6.10 Å². The highest BCUT2D eigenvalue weighted by atomic mass is 27.0. The fourth-order valence-electron chi connectivity index (χ4n) is 0. The predicted molar refractivity (Wildman–Crippen MR) is 25.0 cm³/mol. The molecule has 1 N–H and O–H groups in total. The van der Waals surface area contributed by atoms with Crippen molar-refractivity contribution in [3.8, 4) is 0 Å². The van der Waals surface area contributed by atoms with Crippen LogP contribution in [0.5, 0.6) is 0 Å². The third kappa shape index (κ3) is 4.49. The van der Waals surface area contributed by atoms with E-state index in [1.807, 2.05) is 6.92 Å². The number of aliphatic hydroxyl groups excluding tert-OH is 1. The molecular weight excluding hydrogens is 79.0 g/mol. The molecule has 0 bridgehead atoms. The third-order valence-electron chi connectivity index (χ3n) is 0.591. The van der Waals surface area contributed by atoms with E-state index >= 15 is 0 Å². The SMILES string of the molecule is CC(O)[CH2][AlH2]. The van der Waals surface area contributed by atoms with Crippen LogP contribution < -0.4 is 0 Å². The van der Waals surface area contributed by atoms with Crippen LogP contribution in [-0.2, 0) is 0 Å². The lowest BCUT2D eigenvalue weighted by Crippen LogP contribution is -1.94. The molecule has 1 nitrogen and oxygen atoms in total. The standard InChI is InChI=1S/C3H7O.Al.2H/c1-3(2)4;;;/h3-4H,1H2,2H3;;;. The van der Waals surface area contributed by atoms with Gasteiger partial charge in [0.2, 0.25) is 16.3 Å². The Balaban J connectivity index is 2.54. The Morgan fingerprint density at radius 1 is 2.00 bits per heavy atom. The van der Waals surface area contributed by atoms with E-state index in [9.17, 15) is 0 Å². The molecule has 0 aromatic heterocycles. The zero-order valence-electron chi connectivity index (χ0n) is 3.73. The molecule has 0 fully saturated rings. The molecule has 0 aromatic rings. The Bertz CT molecular complexity index is 20.9. The van der Waals surface area contributed by atoms with Crippen LogP contribution in [0, 0.1) is 0 Å². The van der Waals surface area contributed by atoms with E-state index in [2.05, 4.69) is 0 Å². The largest absolute Gasteiger partial charge is 0.395 e. The molecule has 30 valence electrons. The quantitative estimate of drug-likeness (QED) is 0.425. The summed E-state index contributed by atoms with van der Waals surface area (Å²) in [4.78, 5) is 0. The van der Waals surface area contributed by atoms with Gasteiger partial charge in [-0.25, -0.2) is 0 Å². The van der Waals surface area contributed by atoms with E-state index in [0.29, 0.717) is 0 Å². The summed E-state index contributed by atoms with van der Waals surface area (Å²) >= 11 is 1.12. The molecule has 0 aliphatic rings. The zero-order valence-corrected chi connectivity index (χ0v) is 5.73. The molecule has 0 spiro atoms. The van der Waals surface area contributed by atoms with Crippen LogP contribution in [0.1, 0.15) is 6.92 Å². The summed E-state index contributed by atoms with van der Waals surface area (Å²) in [7, 11) is 0. The van der Waals surface area contributed by atoms with Gasteiger partial charge in [-0.3, -0.25) is 0 Å². The van der Waals surface area contributed by atoms with E-state index in [1.54, 1.807) is 0 Å². The molecule has 0 aliphatic carbocycles. The minimum Gasteiger partial charge on any atom is -0.395 e. The van der Waals surface area contributed by atoms with Gasteiger partial charge >= 0.3 is 0 Å². The maximum absolute atomic E-state index is 8.40. The van der Waals surface area contributed by atoms with Crippen LogP contribution in [-0.4, -0.2) is 27.5 Å². The zero-order chi connectivity index (χ0) is 4.28. The number of hydrogen-bond acceptors (Lipinski definition) is 1. The van der Waals surface area contributed by atoms with E-state index in [-0.39, 0.29) is 6.10 Å². The van der Waals surface area contributed by atoms with E-state index in [0.717, 1.165) is 21.6 Å². The first-order valence-corrected chi connectivity index (χ1v) is 3.37. The summed E-state index contributed by atoms with van der Waals surface area (Å²) in [6.45, 7) is 1.81. The maximum atomic E-state index is 8.40. The van der Waals surface area contributed by atoms with Gasteiger partial charge in [-0.2, -0.15) is 0 Å². The summed E-state index contributed by atoms with van der Waals surface area (Å²) in [6.07, 6.45) is -0.0540. The summed E-state index contributed by atoms with van der Waals surface area (Å²) in [6, 6.07) is 0. The highest BCUT2D eigenvalue weighted by molar-refractivity contribution is 6.08. The molecule has 0 saturated heterocycles. The number of rotatable bonds is 1. The molecule has 2 heteroatoms. The van der Waals surface area contributed by atoms with Crippen molar-refractivity contribution in [2.75, 3.05) is 0 Å². The third-order valence-corrected chi connectivity index (χ3v) is 1.77. The van der Waals surface area contributed by atoms with Crippen molar-refractivity contribution in [2.45, 2.75) is 18.3 Å². The van der Waals surface area contributed by atoms with Gasteiger partial charge in [0.1, 0.15) is 0 Å². The minimum absolute atomic E-state index is 0.0540. The molecule has 1 unspecified atom stereocenters. The van der Waals surface area contributed by atoms with Gasteiger partial charge in [-0.1, -0.05) is 5.28 Å². The van der Waals surface area contributed by atoms with E-state index in [1.165, 1.54) is 0 Å². The fourth-order valence-corrected chi connectivity index (χ4v) is 0. The fraction of sp³-hybridized carbons (Fsp3) is 1.00. The molecular formula is C3H9AlO. The molecule has 0 radical (unpaired) electrons. The molecule has 1 atom stereocenters. The van der Waals surface area contributed by atoms with Crippen molar-refractivity contribution in [3.63, 3.8) is 0 Å². The first-order chi connectivity index (χ1) is 2.27. The van der Waals surface area contributed by atoms with E-state index < -0.39 is 0 Å². The Hall–Kier alpha value is 0.492. The van der Waals surface area contributed by atoms with Crippen LogP contribution in [0.15, 0.2) is 0 Å². The molecule has 0 aliphatic heterocycles. The summed E-state index contributed by atoms with van der Waals surface area (Å²) in [5.41, 5.74) is 0. The van der Waals surface area contributed by atoms with Gasteiger partial charge in [0.15, 0.2) is 0 Å². The van der Waals surface area contributed by atoms with Gasteiger partial charge in [-0.05, 0) is 6.92 Å². The Morgan fingerprint density at radius 2 is 2.20 bits per heavy atom. The first-order valence-electron chi connectivity index (χ1n) is 1.95. The second-order valence-corrected chi connectivity index (χ2v) is 2.07. The highest BCUT2D eigenvalue weighted by Gasteiger charge is 1.82. The number of aliphatic hydroxyl groups is 1. The lowest BCUT2D eigenvalue weighted by atomic mass is 10.5. The molecule has 0 saturated carbocycles. The van der Waals surface area contributed by atoms with Gasteiger partial charge in [-0.15, -0.1) is 0 Å². The van der Waals surface area contributed by atoms with Crippen LogP contribution in [0.25, 0.3) is 0 Å². The average Bonchev–Trinajstić information content (AvgIpc) is 1.38. The van der Waals surface area contributed by atoms with Crippen molar-refractivity contribution in [3.05, 3.63) is 0 Å². The average molecular weight is 88.1 g/mol. The van der Waals surface area contributed by atoms with Crippen LogP contribution >= 0.6 is 0 Å². The lowest BCUT2D eigenvalue weighted by molar-refractivity contribution is 0.216. The highest BCUT2D eigenvalue weighted by Crippen LogP contribution is 1.79. The molecule has 0 rings (SSSR count). The predicted octanol–water partition coefficient (Wildman–Crippen LogP) is -0.581. The van der Waals surface area contributed by atoms with Crippen molar-refractivity contribution in [2.24, 2.45) is 0 Å². The Morgan fingerprint density at radius 3 is 2.20 bits per heavy atom. The number of hydrogen-bond donors (Lipinski definition) is 1. The van der Waals surface area contributed by atoms with Crippen molar-refractivity contribution >= 4 is 16.3 Å². The molecule has 0 aromatic carbocycles.